The van der Waals surface area contributed by atoms with Crippen molar-refractivity contribution in [2.24, 2.45) is 5.73 Å². The van der Waals surface area contributed by atoms with E-state index in [0.717, 1.165) is 28.8 Å². The van der Waals surface area contributed by atoms with Gasteiger partial charge >= 0.3 is 6.03 Å². The number of fused-ring (bicyclic) bond motifs is 2. The van der Waals surface area contributed by atoms with Crippen LogP contribution in [0.5, 0.6) is 0 Å². The summed E-state index contributed by atoms with van der Waals surface area (Å²) < 4.78 is 0.996. The predicted molar refractivity (Wildman–Crippen MR) is 89.2 cm³/mol. The summed E-state index contributed by atoms with van der Waals surface area (Å²) in [5.41, 5.74) is 7.27. The summed E-state index contributed by atoms with van der Waals surface area (Å²) in [4.78, 5) is 16.4. The Morgan fingerprint density at radius 2 is 1.96 bits per heavy atom. The maximum absolute atomic E-state index is 12.2. The zero-order valence-electron chi connectivity index (χ0n) is 13.7. The number of nitrogens with two attached hydrogens (primary N) is 1. The Morgan fingerprint density at radius 1 is 1.35 bits per heavy atom. The Labute approximate surface area is 136 Å². The van der Waals surface area contributed by atoms with Gasteiger partial charge in [0.1, 0.15) is 0 Å². The molecule has 0 spiro atoms. The second kappa shape index (κ2) is 6.20. The summed E-state index contributed by atoms with van der Waals surface area (Å²) in [7, 11) is 3.72. The van der Waals surface area contributed by atoms with Crippen molar-refractivity contribution in [1.82, 2.24) is 4.90 Å². The first-order chi connectivity index (χ1) is 11.0. The molecule has 2 fully saturated rings. The molecule has 0 aromatic heterocycles. The number of carbonyl (C=O) groups is 1. The second-order valence-corrected chi connectivity index (χ2v) is 6.65. The fourth-order valence-corrected chi connectivity index (χ4v) is 4.11. The van der Waals surface area contributed by atoms with Crippen molar-refractivity contribution in [2.75, 3.05) is 19.0 Å². The number of nitrogens with zero attached hydrogens (tertiary/aromatic N) is 3. The van der Waals surface area contributed by atoms with Gasteiger partial charge in [-0.15, -0.1) is 0 Å². The number of piperidine rings is 1. The van der Waals surface area contributed by atoms with Gasteiger partial charge in [0.2, 0.25) is 6.21 Å². The lowest BCUT2D eigenvalue weighted by atomic mass is 9.95. The van der Waals surface area contributed by atoms with Crippen molar-refractivity contribution < 1.29 is 14.7 Å². The van der Waals surface area contributed by atoms with E-state index in [1.807, 2.05) is 24.3 Å². The standard InChI is InChI=1S/C17H24N4O2/c1-19(23)11-12-5-3-4-6-16(12)21(17(18)22)15-9-13-7-8-14(10-15)20(13)2/h3-6,11,13-15H,7-10H2,1-2H3,(H2-,18,22,23)/p+1. The molecule has 1 aromatic rings. The number of primary amides is 1. The third-order valence-corrected chi connectivity index (χ3v) is 5.20. The lowest BCUT2D eigenvalue weighted by Crippen LogP contribution is -2.52. The molecule has 2 aliphatic rings. The summed E-state index contributed by atoms with van der Waals surface area (Å²) >= 11 is 0. The van der Waals surface area contributed by atoms with Crippen LogP contribution < -0.4 is 10.6 Å². The topological polar surface area (TPSA) is 72.8 Å². The lowest BCUT2D eigenvalue weighted by molar-refractivity contribution is -0.750. The molecular formula is C17H25N4O2+. The highest BCUT2D eigenvalue weighted by Gasteiger charge is 2.42. The largest absolute Gasteiger partial charge is 0.351 e. The molecule has 3 N–H and O–H groups in total. The molecule has 2 heterocycles. The van der Waals surface area contributed by atoms with Gasteiger partial charge in [0.15, 0.2) is 7.05 Å². The first-order valence-electron chi connectivity index (χ1n) is 8.13. The average Bonchev–Trinajstić information content (AvgIpc) is 2.71. The first-order valence-corrected chi connectivity index (χ1v) is 8.13. The van der Waals surface area contributed by atoms with Crippen LogP contribution in [0.3, 0.4) is 0 Å². The summed E-state index contributed by atoms with van der Waals surface area (Å²) in [6.07, 6.45) is 5.86. The molecule has 0 radical (unpaired) electrons. The number of hydrogen-bond acceptors (Lipinski definition) is 3. The third-order valence-electron chi connectivity index (χ3n) is 5.20. The van der Waals surface area contributed by atoms with Gasteiger partial charge in [0, 0.05) is 18.1 Å². The quantitative estimate of drug-likeness (QED) is 0.385. The number of hydrogen-bond donors (Lipinski definition) is 2. The van der Waals surface area contributed by atoms with Crippen LogP contribution in [0.1, 0.15) is 31.2 Å². The fourth-order valence-electron chi connectivity index (χ4n) is 4.11. The Kier molecular flexibility index (Phi) is 4.26. The van der Waals surface area contributed by atoms with Gasteiger partial charge in [-0.05, 0) is 49.6 Å². The smallest absolute Gasteiger partial charge is 0.319 e. The predicted octanol–water partition coefficient (Wildman–Crippen LogP) is 1.65. The molecule has 6 heteroatoms. The van der Waals surface area contributed by atoms with E-state index in [1.54, 1.807) is 18.2 Å². The van der Waals surface area contributed by atoms with Crippen LogP contribution in [-0.4, -0.2) is 59.3 Å². The summed E-state index contributed by atoms with van der Waals surface area (Å²) in [5, 5.41) is 9.53. The molecule has 1 aromatic carbocycles. The fraction of sp³-hybridized carbons (Fsp3) is 0.529. The monoisotopic (exact) mass is 317 g/mol. The minimum atomic E-state index is -0.430. The molecule has 2 atom stereocenters. The van der Waals surface area contributed by atoms with E-state index in [0.29, 0.717) is 12.1 Å². The number of benzene rings is 1. The minimum Gasteiger partial charge on any atom is -0.351 e. The number of carbonyl (C=O) groups excluding carboxylic acids is 1. The lowest BCUT2D eigenvalue weighted by Gasteiger charge is -2.41. The summed E-state index contributed by atoms with van der Waals surface area (Å²) in [6.45, 7) is 0. The molecule has 3 rings (SSSR count). The number of urea groups is 1. The molecule has 6 nitrogen and oxygen atoms in total. The molecule has 23 heavy (non-hydrogen) atoms. The summed E-state index contributed by atoms with van der Waals surface area (Å²) in [5.74, 6) is 0. The molecule has 2 amide bonds. The number of hydroxylamine groups is 1. The molecule has 2 aliphatic heterocycles. The number of amides is 2. The van der Waals surface area contributed by atoms with Crippen LogP contribution in [-0.2, 0) is 0 Å². The van der Waals surface area contributed by atoms with Crippen molar-refractivity contribution in [3.05, 3.63) is 29.8 Å². The Hall–Kier alpha value is -2.08. The van der Waals surface area contributed by atoms with Gasteiger partial charge in [-0.3, -0.25) is 10.1 Å². The molecule has 2 bridgehead atoms. The van der Waals surface area contributed by atoms with Crippen molar-refractivity contribution in [3.8, 4) is 0 Å². The van der Waals surface area contributed by atoms with E-state index in [-0.39, 0.29) is 6.04 Å². The highest BCUT2D eigenvalue weighted by Crippen LogP contribution is 2.38. The third kappa shape index (κ3) is 3.03. The van der Waals surface area contributed by atoms with Gasteiger partial charge in [-0.1, -0.05) is 12.1 Å². The van der Waals surface area contributed by atoms with Crippen LogP contribution in [0, 0.1) is 0 Å². The van der Waals surface area contributed by atoms with Crippen molar-refractivity contribution >= 4 is 17.9 Å². The highest BCUT2D eigenvalue weighted by molar-refractivity contribution is 5.97. The van der Waals surface area contributed by atoms with Crippen LogP contribution >= 0.6 is 0 Å². The molecule has 124 valence electrons. The van der Waals surface area contributed by atoms with Gasteiger partial charge in [0.05, 0.1) is 11.3 Å². The van der Waals surface area contributed by atoms with Crippen molar-refractivity contribution in [2.45, 2.75) is 43.8 Å². The van der Waals surface area contributed by atoms with Crippen LogP contribution in [0.4, 0.5) is 10.5 Å². The van der Waals surface area contributed by atoms with Gasteiger partial charge in [0.25, 0.3) is 0 Å². The Bertz CT molecular complexity index is 613. The number of anilines is 1. The zero-order valence-corrected chi connectivity index (χ0v) is 13.7. The van der Waals surface area contributed by atoms with Gasteiger partial charge in [-0.25, -0.2) is 4.79 Å². The van der Waals surface area contributed by atoms with E-state index in [1.165, 1.54) is 12.8 Å². The normalized spacial score (nSPS) is 27.9. The zero-order chi connectivity index (χ0) is 16.6. The van der Waals surface area contributed by atoms with E-state index in [9.17, 15) is 10.0 Å². The van der Waals surface area contributed by atoms with Gasteiger partial charge < -0.3 is 10.6 Å². The minimum absolute atomic E-state index is 0.111. The van der Waals surface area contributed by atoms with E-state index < -0.39 is 6.03 Å². The van der Waals surface area contributed by atoms with Crippen molar-refractivity contribution in [1.29, 1.82) is 0 Å². The maximum Gasteiger partial charge on any atom is 0.319 e. The number of para-hydroxylation sites is 1. The van der Waals surface area contributed by atoms with E-state index >= 15 is 0 Å². The SMILES string of the molecule is CN1C2CCC1CC(N(C(N)=O)c1ccccc1C=[N+](C)O)C2. The maximum atomic E-state index is 12.2. The summed E-state index contributed by atoms with van der Waals surface area (Å²) in [6, 6.07) is 8.27. The molecule has 2 saturated heterocycles. The van der Waals surface area contributed by atoms with Crippen LogP contribution in [0.25, 0.3) is 0 Å². The van der Waals surface area contributed by atoms with Crippen LogP contribution in [0.2, 0.25) is 0 Å². The Morgan fingerprint density at radius 3 is 2.52 bits per heavy atom. The molecular weight excluding hydrogens is 292 g/mol. The second-order valence-electron chi connectivity index (χ2n) is 6.65. The highest BCUT2D eigenvalue weighted by atomic mass is 16.5. The van der Waals surface area contributed by atoms with Crippen LogP contribution in [0.15, 0.2) is 24.3 Å². The number of rotatable bonds is 3. The van der Waals surface area contributed by atoms with E-state index in [4.69, 9.17) is 5.73 Å². The van der Waals surface area contributed by atoms with Crippen molar-refractivity contribution in [3.63, 3.8) is 0 Å². The molecule has 0 saturated carbocycles. The van der Waals surface area contributed by atoms with E-state index in [2.05, 4.69) is 11.9 Å². The van der Waals surface area contributed by atoms with Gasteiger partial charge in [-0.2, -0.15) is 0 Å². The first kappa shape index (κ1) is 15.8. The Balaban J connectivity index is 1.95. The average molecular weight is 317 g/mol. The molecule has 2 unspecified atom stereocenters. The molecule has 0 aliphatic carbocycles.